The van der Waals surface area contributed by atoms with E-state index in [9.17, 15) is 14.4 Å². The summed E-state index contributed by atoms with van der Waals surface area (Å²) in [6.07, 6.45) is 6.84. The molecular weight excluding hydrogens is 310 g/mol. The highest BCUT2D eigenvalue weighted by molar-refractivity contribution is 5.98. The van der Waals surface area contributed by atoms with E-state index >= 15 is 0 Å². The Balaban J connectivity index is 1.20. The highest BCUT2D eigenvalue weighted by Crippen LogP contribution is 2.55. The molecule has 4 saturated carbocycles. The summed E-state index contributed by atoms with van der Waals surface area (Å²) in [7, 11) is 0. The first-order valence-electron chi connectivity index (χ1n) is 9.07. The molecule has 0 radical (unpaired) electrons. The van der Waals surface area contributed by atoms with Crippen molar-refractivity contribution in [3.63, 3.8) is 0 Å². The van der Waals surface area contributed by atoms with Gasteiger partial charge in [0.15, 0.2) is 6.61 Å². The van der Waals surface area contributed by atoms with E-state index in [1.165, 1.54) is 19.3 Å². The maximum Gasteiger partial charge on any atom is 0.417 e. The largest absolute Gasteiger partial charge is 0.439 e. The molecule has 6 aliphatic rings. The second kappa shape index (κ2) is 4.86. The summed E-state index contributed by atoms with van der Waals surface area (Å²) in [6.45, 7) is 0.660. The van der Waals surface area contributed by atoms with E-state index in [1.54, 1.807) is 4.90 Å². The number of hydrogen-bond acceptors (Lipinski definition) is 4. The maximum atomic E-state index is 12.6. The Morgan fingerprint density at radius 1 is 1.04 bits per heavy atom. The summed E-state index contributed by atoms with van der Waals surface area (Å²) in [4.78, 5) is 38.7. The average Bonchev–Trinajstić information content (AvgIpc) is 2.76. The quantitative estimate of drug-likeness (QED) is 0.827. The van der Waals surface area contributed by atoms with Crippen molar-refractivity contribution in [3.05, 3.63) is 0 Å². The molecule has 0 atom stereocenters. The lowest BCUT2D eigenvalue weighted by Crippen LogP contribution is -2.68. The van der Waals surface area contributed by atoms with Gasteiger partial charge in [-0.3, -0.25) is 4.79 Å². The van der Waals surface area contributed by atoms with Crippen LogP contribution in [0.2, 0.25) is 0 Å². The minimum atomic E-state index is -0.578. The predicted molar refractivity (Wildman–Crippen MR) is 83.0 cm³/mol. The van der Waals surface area contributed by atoms with Crippen LogP contribution in [0.1, 0.15) is 38.5 Å². The zero-order valence-electron chi connectivity index (χ0n) is 13.7. The number of carbonyl (C=O) groups excluding carboxylic acids is 3. The molecule has 2 saturated heterocycles. The summed E-state index contributed by atoms with van der Waals surface area (Å²) < 4.78 is 4.74. The first-order valence-corrected chi connectivity index (χ1v) is 9.07. The van der Waals surface area contributed by atoms with Gasteiger partial charge in [0.25, 0.3) is 5.91 Å². The molecule has 6 rings (SSSR count). The van der Waals surface area contributed by atoms with Crippen molar-refractivity contribution in [2.45, 2.75) is 50.1 Å². The Kier molecular flexibility index (Phi) is 2.95. The second-order valence-electron chi connectivity index (χ2n) is 8.51. The molecule has 7 heteroatoms. The standard InChI is InChI=1S/C17H23N3O4/c21-14-9-24-16(23)20(14)13-7-19(8-13)15(22)18-17-4-10-1-11(5-17)3-12(2-10)6-17/h10-13H,1-9H2,(H,18,22). The Morgan fingerprint density at radius 3 is 2.12 bits per heavy atom. The van der Waals surface area contributed by atoms with Crippen LogP contribution in [0.4, 0.5) is 9.59 Å². The van der Waals surface area contributed by atoms with Crippen LogP contribution in [-0.2, 0) is 9.53 Å². The number of cyclic esters (lactones) is 1. The van der Waals surface area contributed by atoms with Crippen molar-refractivity contribution < 1.29 is 19.1 Å². The number of imide groups is 1. The summed E-state index contributed by atoms with van der Waals surface area (Å²) in [5, 5.41) is 3.33. The number of ether oxygens (including phenoxy) is 1. The number of nitrogens with zero attached hydrogens (tertiary/aromatic N) is 2. The second-order valence-corrected chi connectivity index (χ2v) is 8.51. The van der Waals surface area contributed by atoms with Gasteiger partial charge in [0.1, 0.15) is 0 Å². The van der Waals surface area contributed by atoms with Crippen molar-refractivity contribution in [1.82, 2.24) is 15.1 Å². The lowest BCUT2D eigenvalue weighted by molar-refractivity contribution is -0.129. The normalized spacial score (nSPS) is 40.8. The molecule has 4 aliphatic carbocycles. The highest BCUT2D eigenvalue weighted by Gasteiger charge is 2.52. The van der Waals surface area contributed by atoms with Gasteiger partial charge >= 0.3 is 12.1 Å². The molecule has 24 heavy (non-hydrogen) atoms. The molecule has 4 amide bonds. The van der Waals surface area contributed by atoms with Crippen molar-refractivity contribution in [2.75, 3.05) is 19.7 Å². The van der Waals surface area contributed by atoms with E-state index in [-0.39, 0.29) is 30.1 Å². The van der Waals surface area contributed by atoms with Crippen LogP contribution < -0.4 is 5.32 Å². The van der Waals surface area contributed by atoms with Gasteiger partial charge in [-0.1, -0.05) is 0 Å². The van der Waals surface area contributed by atoms with E-state index in [0.29, 0.717) is 13.1 Å². The Labute approximate surface area is 140 Å². The molecule has 0 aromatic rings. The average molecular weight is 333 g/mol. The van der Waals surface area contributed by atoms with Gasteiger partial charge in [-0.2, -0.15) is 0 Å². The fraction of sp³-hybridized carbons (Fsp3) is 0.824. The molecule has 130 valence electrons. The molecule has 0 aromatic carbocycles. The third kappa shape index (κ3) is 2.13. The van der Waals surface area contributed by atoms with Gasteiger partial charge < -0.3 is 15.0 Å². The summed E-state index contributed by atoms with van der Waals surface area (Å²) >= 11 is 0. The molecule has 0 aromatic heterocycles. The lowest BCUT2D eigenvalue weighted by atomic mass is 9.53. The minimum absolute atomic E-state index is 0.000680. The Morgan fingerprint density at radius 2 is 1.62 bits per heavy atom. The number of urea groups is 1. The fourth-order valence-electron chi connectivity index (χ4n) is 6.07. The SMILES string of the molecule is O=C(NC12CC3CC(CC(C3)C1)C2)N1CC(N2C(=O)COC2=O)C1. The number of nitrogens with one attached hydrogen (secondary N) is 1. The van der Waals surface area contributed by atoms with E-state index in [0.717, 1.165) is 41.9 Å². The highest BCUT2D eigenvalue weighted by atomic mass is 16.6. The van der Waals surface area contributed by atoms with Crippen molar-refractivity contribution >= 4 is 18.0 Å². The molecule has 6 fully saturated rings. The summed E-state index contributed by atoms with van der Waals surface area (Å²) in [5.41, 5.74) is -0.000680. The molecule has 4 bridgehead atoms. The Bertz CT molecular complexity index is 562. The third-order valence-electron chi connectivity index (χ3n) is 6.71. The Hall–Kier alpha value is -1.79. The molecule has 2 aliphatic heterocycles. The minimum Gasteiger partial charge on any atom is -0.439 e. The number of rotatable bonds is 2. The van der Waals surface area contributed by atoms with Crippen LogP contribution in [0.3, 0.4) is 0 Å². The van der Waals surface area contributed by atoms with Gasteiger partial charge in [0, 0.05) is 18.6 Å². The number of hydrogen-bond donors (Lipinski definition) is 1. The zero-order valence-corrected chi connectivity index (χ0v) is 13.7. The van der Waals surface area contributed by atoms with Crippen LogP contribution >= 0.6 is 0 Å². The van der Waals surface area contributed by atoms with Gasteiger partial charge in [-0.15, -0.1) is 0 Å². The third-order valence-corrected chi connectivity index (χ3v) is 6.71. The lowest BCUT2D eigenvalue weighted by Gasteiger charge is -2.57. The summed E-state index contributed by atoms with van der Waals surface area (Å²) in [6, 6.07) is -0.261. The van der Waals surface area contributed by atoms with Gasteiger partial charge in [0.05, 0.1) is 6.04 Å². The first kappa shape index (κ1) is 14.5. The molecule has 1 N–H and O–H groups in total. The van der Waals surface area contributed by atoms with Crippen LogP contribution in [-0.4, -0.2) is 59.1 Å². The number of amides is 4. The van der Waals surface area contributed by atoms with Crippen LogP contribution in [0.25, 0.3) is 0 Å². The van der Waals surface area contributed by atoms with Gasteiger partial charge in [0.2, 0.25) is 0 Å². The van der Waals surface area contributed by atoms with Gasteiger partial charge in [-0.05, 0) is 56.3 Å². The number of likely N-dealkylation sites (tertiary alicyclic amines) is 1. The van der Waals surface area contributed by atoms with Crippen LogP contribution in [0, 0.1) is 17.8 Å². The van der Waals surface area contributed by atoms with Crippen molar-refractivity contribution in [1.29, 1.82) is 0 Å². The molecule has 2 heterocycles. The molecule has 7 nitrogen and oxygen atoms in total. The van der Waals surface area contributed by atoms with Gasteiger partial charge in [-0.25, -0.2) is 14.5 Å². The monoisotopic (exact) mass is 333 g/mol. The number of carbonyl (C=O) groups is 3. The van der Waals surface area contributed by atoms with Crippen molar-refractivity contribution in [3.8, 4) is 0 Å². The smallest absolute Gasteiger partial charge is 0.417 e. The zero-order chi connectivity index (χ0) is 16.5. The maximum absolute atomic E-state index is 12.6. The predicted octanol–water partition coefficient (Wildman–Crippen LogP) is 1.33. The first-order chi connectivity index (χ1) is 11.5. The van der Waals surface area contributed by atoms with Crippen LogP contribution in [0.5, 0.6) is 0 Å². The van der Waals surface area contributed by atoms with Crippen LogP contribution in [0.15, 0.2) is 0 Å². The molecule has 0 spiro atoms. The topological polar surface area (TPSA) is 79.0 Å². The molecular formula is C17H23N3O4. The van der Waals surface area contributed by atoms with E-state index < -0.39 is 6.09 Å². The van der Waals surface area contributed by atoms with E-state index in [1.807, 2.05) is 0 Å². The fourth-order valence-corrected chi connectivity index (χ4v) is 6.07. The summed E-state index contributed by atoms with van der Waals surface area (Å²) in [5.74, 6) is 2.07. The molecule has 0 unspecified atom stereocenters. The van der Waals surface area contributed by atoms with E-state index in [4.69, 9.17) is 4.74 Å². The van der Waals surface area contributed by atoms with Crippen molar-refractivity contribution in [2.24, 2.45) is 17.8 Å². The van der Waals surface area contributed by atoms with E-state index in [2.05, 4.69) is 5.32 Å².